The van der Waals surface area contributed by atoms with E-state index in [0.29, 0.717) is 76.0 Å². The van der Waals surface area contributed by atoms with Crippen LogP contribution >= 0.6 is 61.1 Å². The minimum Gasteiger partial charge on any atom is -0.435 e. The Hall–Kier alpha value is -12.4. The number of aryl methyl sites for hydroxylation is 5. The number of fused-ring (bicyclic) bond motifs is 4. The van der Waals surface area contributed by atoms with E-state index in [-0.39, 0.29) is 97.3 Å². The molecule has 1 aliphatic heterocycles. The number of unbranched alkanes of at least 4 members (excludes halogenated alkanes) is 1. The van der Waals surface area contributed by atoms with E-state index in [1.54, 1.807) is 49.7 Å². The van der Waals surface area contributed by atoms with Crippen LogP contribution in [0.5, 0.6) is 5.75 Å². The molecule has 0 unspecified atom stereocenters. The van der Waals surface area contributed by atoms with Crippen LogP contribution in [0.1, 0.15) is 71.3 Å². The second-order valence-corrected chi connectivity index (χ2v) is 33.9. The second kappa shape index (κ2) is 43.5. The Morgan fingerprint density at radius 1 is 0.565 bits per heavy atom. The van der Waals surface area contributed by atoms with Crippen LogP contribution in [0.25, 0.3) is 57.0 Å². The van der Waals surface area contributed by atoms with Crippen molar-refractivity contribution in [1.29, 1.82) is 0 Å². The van der Waals surface area contributed by atoms with Crippen LogP contribution < -0.4 is 47.4 Å². The molecule has 17 rings (SSSR count). The highest BCUT2D eigenvalue weighted by atomic mass is 127. The zero-order chi connectivity index (χ0) is 92.7. The Bertz CT molecular complexity index is 6540. The van der Waals surface area contributed by atoms with Gasteiger partial charge in [0, 0.05) is 107 Å². The standard InChI is InChI=1S/C23H25F2IN8O.C23H27IN8O2.C20H20F4N8O2.C18H16BrF2N5O2/c1-4-10-27-23-32-31-22(35-23)15-13-34-18(7-5-6-11-33(2)3)29-30-21(34)19(25)20(15)28-17-9-8-14(26)12-16(17)24;1-15-12-16(24)5-6-18(15)26-19-13-21-28-27-20(4-3-7-31-8-10-33-11-9-31)32(21)14-17(19)22-29-30-23(25-2)34-22;1-10-27-28-17-15(22)16(26-14-5-4-11(8-13(14)21)33-19(23)24)12(9-32(10)17)18-29-30-20(34-18)25-6-7-31(2)3;1-9-23-24-17-15(21)16(22-14-5-4-11(19)6-13(14)20)12(7-26(9)17)18(27)25-28-8-10-2-3-10/h4,8-9,12-13,28H,1,5-7,10-11H2,2-3H3,(H,27,32);5-6,12-14,26H,3-4,7-11H2,1-2H3,(H,25,30);4-5,8-9,19,26H,6-7H2,1-3H3,(H,25,30);4-7,10,22H,2-3,8H2,1H3,(H,25,27). The predicted octanol–water partition coefficient (Wildman–Crippen LogP) is 16.2. The lowest BCUT2D eigenvalue weighted by Crippen LogP contribution is -2.37. The molecular weight excluding hydrogens is 2010 g/mol. The number of rotatable bonds is 34. The van der Waals surface area contributed by atoms with Gasteiger partial charge < -0.3 is 69.7 Å². The van der Waals surface area contributed by atoms with Gasteiger partial charge in [0.2, 0.25) is 0 Å². The Morgan fingerprint density at radius 3 is 1.71 bits per heavy atom. The molecule has 0 atom stereocenters. The third-order valence-corrected chi connectivity index (χ3v) is 22.1. The Kier molecular flexibility index (Phi) is 31.5. The molecule has 36 nitrogen and oxygen atoms in total. The number of hydrogen-bond donors (Lipinski definition) is 8. The van der Waals surface area contributed by atoms with E-state index in [1.165, 1.54) is 49.0 Å². The summed E-state index contributed by atoms with van der Waals surface area (Å²) < 4.78 is 150. The molecular formula is C84H88BrF8I2N29O7. The van der Waals surface area contributed by atoms with Gasteiger partial charge in [0.1, 0.15) is 46.5 Å². The van der Waals surface area contributed by atoms with Crippen molar-refractivity contribution in [3.63, 3.8) is 0 Å². The maximum Gasteiger partial charge on any atom is 0.387 e. The van der Waals surface area contributed by atoms with Crippen molar-refractivity contribution in [3.05, 3.63) is 197 Å². The van der Waals surface area contributed by atoms with Gasteiger partial charge in [0.15, 0.2) is 40.0 Å². The molecule has 11 aromatic heterocycles. The van der Waals surface area contributed by atoms with E-state index in [4.69, 9.17) is 22.8 Å². The summed E-state index contributed by atoms with van der Waals surface area (Å²) in [5.41, 5.74) is 6.41. The number of halogens is 11. The minimum absolute atomic E-state index is 0.00985. The molecule has 1 saturated heterocycles. The van der Waals surface area contributed by atoms with E-state index in [1.807, 2.05) is 72.3 Å². The molecule has 688 valence electrons. The first-order valence-electron chi connectivity index (χ1n) is 40.9. The minimum atomic E-state index is -3.11. The summed E-state index contributed by atoms with van der Waals surface area (Å²) in [7, 11) is 9.59. The molecule has 47 heteroatoms. The number of carbonyl (C=O) groups is 1. The number of amides is 1. The van der Waals surface area contributed by atoms with E-state index in [0.717, 1.165) is 130 Å². The number of morpholine rings is 1. The summed E-state index contributed by atoms with van der Waals surface area (Å²) in [4.78, 5) is 24.3. The second-order valence-electron chi connectivity index (χ2n) is 30.4. The zero-order valence-corrected chi connectivity index (χ0v) is 77.6. The van der Waals surface area contributed by atoms with E-state index < -0.39 is 47.4 Å². The largest absolute Gasteiger partial charge is 0.435 e. The number of alkyl halides is 2. The summed E-state index contributed by atoms with van der Waals surface area (Å²) in [6, 6.07) is 20.8. The van der Waals surface area contributed by atoms with Crippen LogP contribution in [0.15, 0.2) is 134 Å². The lowest BCUT2D eigenvalue weighted by Gasteiger charge is -2.26. The van der Waals surface area contributed by atoms with Crippen molar-refractivity contribution in [1.82, 2.24) is 109 Å². The fourth-order valence-electron chi connectivity index (χ4n) is 13.3. The number of carbonyl (C=O) groups excluding carboxylic acids is 1. The van der Waals surface area contributed by atoms with E-state index >= 15 is 13.2 Å². The monoisotopic (exact) mass is 2100 g/mol. The van der Waals surface area contributed by atoms with Gasteiger partial charge >= 0.3 is 24.7 Å². The molecule has 1 amide bonds. The van der Waals surface area contributed by atoms with E-state index in [9.17, 15) is 26.7 Å². The predicted molar refractivity (Wildman–Crippen MR) is 493 cm³/mol. The molecule has 1 aliphatic carbocycles. The average molecular weight is 2100 g/mol. The Labute approximate surface area is 778 Å². The van der Waals surface area contributed by atoms with Crippen LogP contribution in [-0.4, -0.2) is 217 Å². The van der Waals surface area contributed by atoms with Crippen molar-refractivity contribution in [2.75, 3.05) is 138 Å². The van der Waals surface area contributed by atoms with Crippen molar-refractivity contribution in [2.24, 2.45) is 5.92 Å². The zero-order valence-electron chi connectivity index (χ0n) is 71.7. The van der Waals surface area contributed by atoms with Gasteiger partial charge in [0.25, 0.3) is 23.6 Å². The average Bonchev–Trinajstić information content (AvgIpc) is 1.65. The highest BCUT2D eigenvalue weighted by molar-refractivity contribution is 14.1. The number of pyridine rings is 4. The van der Waals surface area contributed by atoms with Gasteiger partial charge in [0.05, 0.1) is 81.9 Å². The molecule has 0 bridgehead atoms. The third-order valence-electron chi connectivity index (χ3n) is 20.3. The highest BCUT2D eigenvalue weighted by Crippen LogP contribution is 2.41. The van der Waals surface area contributed by atoms with Crippen molar-refractivity contribution < 1.29 is 67.5 Å². The van der Waals surface area contributed by atoms with Gasteiger partial charge in [-0.05, 0) is 218 Å². The summed E-state index contributed by atoms with van der Waals surface area (Å²) in [6.07, 6.45) is 14.5. The molecule has 1 saturated carbocycles. The quantitative estimate of drug-likeness (QED) is 0.00610. The van der Waals surface area contributed by atoms with Crippen LogP contribution in [0.3, 0.4) is 0 Å². The molecule has 4 aromatic carbocycles. The normalized spacial score (nSPS) is 12.7. The SMILES string of the molecule is C=CCNc1nnc(-c2cn3c(CCCCN(C)C)nnc3c(F)c2Nc2ccc(I)cc2F)o1.CNc1nnc(-c2cn3c(CCCN4CCOCC4)nnc3cc2Nc2ccc(I)cc2C)o1.Cc1nnc2c(F)c(Nc3ccc(Br)cc3F)c(C(=O)NOCC3CC3)cn12.Cc1nnc2c(F)c(Nc3ccc(OC(F)F)cc3F)c(-c3nnc(NCCN(C)C)o3)cn12. The number of ether oxygens (including phenoxy) is 2. The summed E-state index contributed by atoms with van der Waals surface area (Å²) in [5.74, 6) is -2.32. The molecule has 0 radical (unpaired) electrons. The van der Waals surface area contributed by atoms with Crippen LogP contribution in [0.2, 0.25) is 0 Å². The number of nitrogens with one attached hydrogen (secondary N) is 8. The maximum atomic E-state index is 15.8. The number of nitrogens with zero attached hydrogens (tertiary/aromatic N) is 21. The smallest absolute Gasteiger partial charge is 0.387 e. The molecule has 131 heavy (non-hydrogen) atoms. The maximum absolute atomic E-state index is 15.8. The summed E-state index contributed by atoms with van der Waals surface area (Å²) >= 11 is 7.49. The fourth-order valence-corrected chi connectivity index (χ4v) is 14.7. The highest BCUT2D eigenvalue weighted by Gasteiger charge is 2.30. The first kappa shape index (κ1) is 94.7. The third kappa shape index (κ3) is 23.9. The van der Waals surface area contributed by atoms with Crippen LogP contribution in [0, 0.1) is 68.7 Å². The van der Waals surface area contributed by atoms with E-state index in [2.05, 4.69) is 199 Å². The number of benzene rings is 4. The van der Waals surface area contributed by atoms with Crippen LogP contribution in [-0.2, 0) is 22.4 Å². The van der Waals surface area contributed by atoms with Gasteiger partial charge in [-0.15, -0.1) is 62.7 Å². The van der Waals surface area contributed by atoms with Gasteiger partial charge in [-0.2, -0.15) is 8.78 Å². The lowest BCUT2D eigenvalue weighted by atomic mass is 10.1. The lowest BCUT2D eigenvalue weighted by molar-refractivity contribution is -0.0500. The molecule has 8 N–H and O–H groups in total. The van der Waals surface area contributed by atoms with Gasteiger partial charge in [-0.3, -0.25) is 32.1 Å². The summed E-state index contributed by atoms with van der Waals surface area (Å²) in [6.45, 7) is 13.5. The first-order valence-corrected chi connectivity index (χ1v) is 43.9. The Balaban J connectivity index is 0.000000141. The van der Waals surface area contributed by atoms with Crippen molar-refractivity contribution >= 4 is 153 Å². The number of hydroxylamine groups is 1. The molecule has 0 spiro atoms. The number of anilines is 11. The van der Waals surface area contributed by atoms with Gasteiger partial charge in [-0.1, -0.05) is 37.3 Å². The number of likely N-dealkylation sites (N-methyl/N-ethyl adjacent to an activating group) is 1. The molecule has 12 heterocycles. The number of aromatic nitrogens is 18. The summed E-state index contributed by atoms with van der Waals surface area (Å²) in [5, 5.41) is 77.1. The topological polar surface area (TPSA) is 388 Å². The molecule has 2 aliphatic rings. The van der Waals surface area contributed by atoms with Gasteiger partial charge in [-0.25, -0.2) is 31.8 Å². The van der Waals surface area contributed by atoms with Crippen molar-refractivity contribution in [2.45, 2.75) is 72.3 Å². The van der Waals surface area contributed by atoms with Crippen molar-refractivity contribution in [3.8, 4) is 40.1 Å². The first-order chi connectivity index (χ1) is 63.1. The molecule has 2 fully saturated rings. The number of hydrogen-bond acceptors (Lipinski definition) is 31. The fraction of sp³-hybridized carbons (Fsp3) is 0.321. The van der Waals surface area contributed by atoms with Crippen LogP contribution in [0.4, 0.5) is 98.7 Å². The molecule has 15 aromatic rings. The Morgan fingerprint density at radius 2 is 1.10 bits per heavy atom.